The molecule has 0 unspecified atom stereocenters. The lowest BCUT2D eigenvalue weighted by molar-refractivity contribution is 0.128. The normalized spacial score (nSPS) is 18.1. The van der Waals surface area contributed by atoms with Crippen molar-refractivity contribution in [3.8, 4) is 0 Å². The van der Waals surface area contributed by atoms with Crippen LogP contribution in [0.3, 0.4) is 0 Å². The first-order valence-electron chi connectivity index (χ1n) is 8.49. The minimum Gasteiger partial charge on any atom is -0.449 e. The molecule has 5 nitrogen and oxygen atoms in total. The molecule has 3 rings (SSSR count). The molecule has 26 heavy (non-hydrogen) atoms. The summed E-state index contributed by atoms with van der Waals surface area (Å²) in [6.45, 7) is 2.01. The Hall–Kier alpha value is -2.60. The van der Waals surface area contributed by atoms with Gasteiger partial charge in [-0.25, -0.2) is 13.2 Å². The van der Waals surface area contributed by atoms with Gasteiger partial charge in [-0.1, -0.05) is 54.1 Å². The van der Waals surface area contributed by atoms with Gasteiger partial charge in [0, 0.05) is 0 Å². The maximum Gasteiger partial charge on any atom is 0.424 e. The second kappa shape index (κ2) is 7.74. The van der Waals surface area contributed by atoms with Gasteiger partial charge >= 0.3 is 6.09 Å². The molecule has 0 fully saturated rings. The number of ether oxygens (including phenoxy) is 1. The Balaban J connectivity index is 2.01. The predicted octanol–water partition coefficient (Wildman–Crippen LogP) is 4.00. The lowest BCUT2D eigenvalue weighted by Gasteiger charge is -2.23. The van der Waals surface area contributed by atoms with Crippen LogP contribution in [0, 0.1) is 6.92 Å². The van der Waals surface area contributed by atoms with Crippen LogP contribution in [0.5, 0.6) is 0 Å². The van der Waals surface area contributed by atoms with Crippen LogP contribution in [0.15, 0.2) is 65.6 Å². The van der Waals surface area contributed by atoms with Crippen LogP contribution in [-0.4, -0.2) is 32.0 Å². The van der Waals surface area contributed by atoms with Crippen LogP contribution in [-0.2, 0) is 14.8 Å². The molecule has 1 aliphatic heterocycles. The zero-order valence-corrected chi connectivity index (χ0v) is 15.4. The van der Waals surface area contributed by atoms with Crippen LogP contribution < -0.4 is 0 Å². The summed E-state index contributed by atoms with van der Waals surface area (Å²) < 4.78 is 32.1. The molecule has 1 amide bonds. The van der Waals surface area contributed by atoms with Crippen molar-refractivity contribution in [3.05, 3.63) is 71.8 Å². The fourth-order valence-corrected chi connectivity index (χ4v) is 4.05. The number of aryl methyl sites for hydroxylation is 1. The summed E-state index contributed by atoms with van der Waals surface area (Å²) in [5.41, 5.74) is 2.63. The maximum atomic E-state index is 13.1. The number of carbonyl (C=O) groups is 1. The van der Waals surface area contributed by atoms with E-state index in [1.165, 1.54) is 12.1 Å². The average molecular weight is 371 g/mol. The lowest BCUT2D eigenvalue weighted by atomic mass is 10.0. The van der Waals surface area contributed by atoms with Crippen LogP contribution in [0.2, 0.25) is 0 Å². The molecule has 0 radical (unpaired) electrons. The number of cyclic esters (lactones) is 1. The molecule has 6 heteroatoms. The summed E-state index contributed by atoms with van der Waals surface area (Å²) in [6, 6.07) is 15.9. The van der Waals surface area contributed by atoms with Gasteiger partial charge in [-0.15, -0.1) is 0 Å². The number of hydrogen-bond donors (Lipinski definition) is 0. The second-order valence-electron chi connectivity index (χ2n) is 6.18. The number of rotatable bonds is 3. The quantitative estimate of drug-likeness (QED) is 0.818. The first-order chi connectivity index (χ1) is 12.5. The number of sulfonamides is 1. The Kier molecular flexibility index (Phi) is 5.42. The highest BCUT2D eigenvalue weighted by molar-refractivity contribution is 7.89. The topological polar surface area (TPSA) is 63.7 Å². The zero-order chi connectivity index (χ0) is 18.6. The summed E-state index contributed by atoms with van der Waals surface area (Å²) in [5, 5.41) is 0. The third-order valence-electron chi connectivity index (χ3n) is 4.24. The first-order valence-corrected chi connectivity index (χ1v) is 9.93. The van der Waals surface area contributed by atoms with Crippen molar-refractivity contribution in [1.29, 1.82) is 0 Å². The van der Waals surface area contributed by atoms with Gasteiger partial charge in [-0.3, -0.25) is 0 Å². The van der Waals surface area contributed by atoms with E-state index in [1.54, 1.807) is 12.1 Å². The first kappa shape index (κ1) is 18.2. The molecule has 0 saturated heterocycles. The van der Waals surface area contributed by atoms with Crippen molar-refractivity contribution in [2.75, 3.05) is 13.2 Å². The van der Waals surface area contributed by atoms with E-state index in [1.807, 2.05) is 43.3 Å². The summed E-state index contributed by atoms with van der Waals surface area (Å²) in [7, 11) is -4.01. The van der Waals surface area contributed by atoms with Gasteiger partial charge in [-0.2, -0.15) is 4.31 Å². The molecule has 0 spiro atoms. The SMILES string of the molecule is Cc1ccc(S(=O)(=O)N2C/C(c3ccccc3)=C\CCCOC2=O)cc1. The second-order valence-corrected chi connectivity index (χ2v) is 8.04. The molecule has 0 atom stereocenters. The Morgan fingerprint density at radius 1 is 1.00 bits per heavy atom. The van der Waals surface area contributed by atoms with E-state index in [-0.39, 0.29) is 18.0 Å². The number of benzene rings is 2. The van der Waals surface area contributed by atoms with Crippen LogP contribution >= 0.6 is 0 Å². The third-order valence-corrected chi connectivity index (χ3v) is 5.96. The van der Waals surface area contributed by atoms with E-state index in [0.29, 0.717) is 6.42 Å². The number of nitrogens with zero attached hydrogens (tertiary/aromatic N) is 1. The Morgan fingerprint density at radius 3 is 2.38 bits per heavy atom. The Labute approximate surface area is 154 Å². The van der Waals surface area contributed by atoms with E-state index >= 15 is 0 Å². The van der Waals surface area contributed by atoms with Gasteiger partial charge in [-0.05, 0) is 43.0 Å². The largest absolute Gasteiger partial charge is 0.449 e. The van der Waals surface area contributed by atoms with Gasteiger partial charge in [0.25, 0.3) is 10.0 Å². The molecule has 136 valence electrons. The van der Waals surface area contributed by atoms with Gasteiger partial charge < -0.3 is 4.74 Å². The summed E-state index contributed by atoms with van der Waals surface area (Å²) in [6.07, 6.45) is 2.51. The van der Waals surface area contributed by atoms with Crippen molar-refractivity contribution in [2.45, 2.75) is 24.7 Å². The van der Waals surface area contributed by atoms with E-state index in [9.17, 15) is 13.2 Å². The molecule has 1 aliphatic rings. The molecule has 2 aromatic rings. The third kappa shape index (κ3) is 3.96. The number of hydrogen-bond acceptors (Lipinski definition) is 4. The number of allylic oxidation sites excluding steroid dienone is 1. The predicted molar refractivity (Wildman–Crippen MR) is 100 cm³/mol. The average Bonchev–Trinajstić information content (AvgIpc) is 2.73. The Bertz CT molecular complexity index is 903. The smallest absolute Gasteiger partial charge is 0.424 e. The van der Waals surface area contributed by atoms with E-state index in [2.05, 4.69) is 0 Å². The van der Waals surface area contributed by atoms with Gasteiger partial charge in [0.1, 0.15) is 0 Å². The zero-order valence-electron chi connectivity index (χ0n) is 14.6. The maximum absolute atomic E-state index is 13.1. The fraction of sp³-hybridized carbons (Fsp3) is 0.250. The van der Waals surface area contributed by atoms with Crippen molar-refractivity contribution < 1.29 is 17.9 Å². The fourth-order valence-electron chi connectivity index (χ4n) is 2.76. The minimum absolute atomic E-state index is 0.0565. The van der Waals surface area contributed by atoms with Crippen molar-refractivity contribution in [3.63, 3.8) is 0 Å². The van der Waals surface area contributed by atoms with Crippen molar-refractivity contribution in [1.82, 2.24) is 4.31 Å². The van der Waals surface area contributed by atoms with Crippen LogP contribution in [0.4, 0.5) is 4.79 Å². The molecule has 0 bridgehead atoms. The van der Waals surface area contributed by atoms with Crippen molar-refractivity contribution in [2.24, 2.45) is 0 Å². The molecular weight excluding hydrogens is 350 g/mol. The van der Waals surface area contributed by atoms with Crippen molar-refractivity contribution >= 4 is 21.7 Å². The lowest BCUT2D eigenvalue weighted by Crippen LogP contribution is -2.38. The standard InChI is InChI=1S/C20H21NO4S/c1-16-10-12-19(13-11-16)26(23,24)21-15-18(17-7-3-2-4-8-17)9-5-6-14-25-20(21)22/h2-4,7-13H,5-6,14-15H2,1H3/b18-9+. The van der Waals surface area contributed by atoms with Gasteiger partial charge in [0.15, 0.2) is 0 Å². The molecular formula is C20H21NO4S. The van der Waals surface area contributed by atoms with Gasteiger partial charge in [0.2, 0.25) is 0 Å². The van der Waals surface area contributed by atoms with Crippen LogP contribution in [0.1, 0.15) is 24.0 Å². The molecule has 1 heterocycles. The monoisotopic (exact) mass is 371 g/mol. The summed E-state index contributed by atoms with van der Waals surface area (Å²) in [5.74, 6) is 0. The Morgan fingerprint density at radius 2 is 1.69 bits per heavy atom. The highest BCUT2D eigenvalue weighted by Crippen LogP contribution is 2.24. The highest BCUT2D eigenvalue weighted by atomic mass is 32.2. The van der Waals surface area contributed by atoms with Crippen LogP contribution in [0.25, 0.3) is 5.57 Å². The molecule has 0 aromatic heterocycles. The van der Waals surface area contributed by atoms with Gasteiger partial charge in [0.05, 0.1) is 18.0 Å². The highest BCUT2D eigenvalue weighted by Gasteiger charge is 2.32. The minimum atomic E-state index is -4.01. The van der Waals surface area contributed by atoms with E-state index in [4.69, 9.17) is 4.74 Å². The van der Waals surface area contributed by atoms with E-state index in [0.717, 1.165) is 27.4 Å². The summed E-state index contributed by atoms with van der Waals surface area (Å²) >= 11 is 0. The molecule has 0 aliphatic carbocycles. The summed E-state index contributed by atoms with van der Waals surface area (Å²) in [4.78, 5) is 12.6. The molecule has 0 N–H and O–H groups in total. The molecule has 0 saturated carbocycles. The number of carbonyl (C=O) groups excluding carboxylic acids is 1. The van der Waals surface area contributed by atoms with E-state index < -0.39 is 16.1 Å². The molecule has 2 aromatic carbocycles. The number of amides is 1.